The van der Waals surface area contributed by atoms with Gasteiger partial charge in [-0.05, 0) is 12.8 Å². The van der Waals surface area contributed by atoms with Crippen molar-refractivity contribution in [1.29, 1.82) is 0 Å². The summed E-state index contributed by atoms with van der Waals surface area (Å²) in [5, 5.41) is 5.72. The molecule has 0 spiro atoms. The maximum atomic E-state index is 11.9. The molecule has 0 bridgehead atoms. The molecular formula is C9H15F3N4O2S. The number of alkyl halides is 3. The third-order valence-electron chi connectivity index (χ3n) is 2.35. The standard InChI is InChI=1S/C9H15F3N4O2S/c10-9(11,12)3-1-2-4-15-19(17,18)8-7(5-13)6-14-16-8/h6,15H,1-5,13H2,(H,14,16). The lowest BCUT2D eigenvalue weighted by atomic mass is 10.2. The first-order valence-electron chi connectivity index (χ1n) is 5.55. The Morgan fingerprint density at radius 2 is 2.05 bits per heavy atom. The molecule has 0 atom stereocenters. The number of sulfonamides is 1. The van der Waals surface area contributed by atoms with E-state index in [1.54, 1.807) is 0 Å². The molecule has 1 rings (SSSR count). The highest BCUT2D eigenvalue weighted by Gasteiger charge is 2.26. The molecule has 4 N–H and O–H groups in total. The van der Waals surface area contributed by atoms with E-state index in [0.717, 1.165) is 0 Å². The van der Waals surface area contributed by atoms with E-state index in [1.165, 1.54) is 6.20 Å². The van der Waals surface area contributed by atoms with Crippen LogP contribution in [0.4, 0.5) is 13.2 Å². The number of nitrogens with zero attached hydrogens (tertiary/aromatic N) is 1. The Hall–Kier alpha value is -1.13. The van der Waals surface area contributed by atoms with Gasteiger partial charge in [0.15, 0.2) is 5.03 Å². The van der Waals surface area contributed by atoms with Gasteiger partial charge >= 0.3 is 6.18 Å². The largest absolute Gasteiger partial charge is 0.389 e. The summed E-state index contributed by atoms with van der Waals surface area (Å²) < 4.78 is 61.4. The SMILES string of the molecule is NCc1cn[nH]c1S(=O)(=O)NCCCCC(F)(F)F. The Kier molecular flexibility index (Phi) is 5.32. The molecule has 0 aliphatic heterocycles. The van der Waals surface area contributed by atoms with Crippen LogP contribution in [0.5, 0.6) is 0 Å². The summed E-state index contributed by atoms with van der Waals surface area (Å²) in [7, 11) is -3.80. The van der Waals surface area contributed by atoms with Gasteiger partial charge in [0.05, 0.1) is 6.20 Å². The number of halogens is 3. The molecule has 10 heteroatoms. The molecule has 1 heterocycles. The third-order valence-corrected chi connectivity index (χ3v) is 3.82. The smallest absolute Gasteiger partial charge is 0.326 e. The molecule has 0 fully saturated rings. The van der Waals surface area contributed by atoms with Crippen LogP contribution in [0.2, 0.25) is 0 Å². The molecule has 1 aromatic rings. The summed E-state index contributed by atoms with van der Waals surface area (Å²) in [6.07, 6.45) is -3.87. The quantitative estimate of drug-likeness (QED) is 0.651. The second kappa shape index (κ2) is 6.35. The Bertz CT molecular complexity index is 498. The van der Waals surface area contributed by atoms with Gasteiger partial charge in [-0.1, -0.05) is 0 Å². The van der Waals surface area contributed by atoms with Gasteiger partial charge in [-0.2, -0.15) is 18.3 Å². The Balaban J connectivity index is 2.44. The van der Waals surface area contributed by atoms with Gasteiger partial charge in [-0.3, -0.25) is 5.10 Å². The lowest BCUT2D eigenvalue weighted by molar-refractivity contribution is -0.135. The van der Waals surface area contributed by atoms with Crippen LogP contribution in [0, 0.1) is 0 Å². The Morgan fingerprint density at radius 1 is 1.37 bits per heavy atom. The minimum Gasteiger partial charge on any atom is -0.326 e. The summed E-state index contributed by atoms with van der Waals surface area (Å²) in [5.41, 5.74) is 5.66. The molecular weight excluding hydrogens is 285 g/mol. The first-order valence-corrected chi connectivity index (χ1v) is 7.03. The van der Waals surface area contributed by atoms with Crippen molar-refractivity contribution in [2.45, 2.75) is 37.0 Å². The molecule has 0 unspecified atom stereocenters. The highest BCUT2D eigenvalue weighted by Crippen LogP contribution is 2.22. The maximum absolute atomic E-state index is 11.9. The topological polar surface area (TPSA) is 101 Å². The van der Waals surface area contributed by atoms with Gasteiger partial charge in [0.25, 0.3) is 10.0 Å². The molecule has 6 nitrogen and oxygen atoms in total. The summed E-state index contributed by atoms with van der Waals surface area (Å²) in [5.74, 6) is 0. The zero-order valence-corrected chi connectivity index (χ0v) is 10.8. The summed E-state index contributed by atoms with van der Waals surface area (Å²) in [6, 6.07) is 0. The van der Waals surface area contributed by atoms with Gasteiger partial charge in [-0.25, -0.2) is 13.1 Å². The molecule has 0 radical (unpaired) electrons. The van der Waals surface area contributed by atoms with Gasteiger partial charge in [0.2, 0.25) is 0 Å². The Morgan fingerprint density at radius 3 is 2.63 bits per heavy atom. The predicted octanol–water partition coefficient (Wildman–Crippen LogP) is 0.879. The number of rotatable bonds is 7. The lowest BCUT2D eigenvalue weighted by Gasteiger charge is -2.07. The van der Waals surface area contributed by atoms with E-state index in [4.69, 9.17) is 5.73 Å². The summed E-state index contributed by atoms with van der Waals surface area (Å²) in [4.78, 5) is 0. The van der Waals surface area contributed by atoms with E-state index in [2.05, 4.69) is 14.9 Å². The van der Waals surface area contributed by atoms with E-state index < -0.39 is 22.6 Å². The van der Waals surface area contributed by atoms with Crippen molar-refractivity contribution < 1.29 is 21.6 Å². The van der Waals surface area contributed by atoms with Crippen molar-refractivity contribution in [3.63, 3.8) is 0 Å². The summed E-state index contributed by atoms with van der Waals surface area (Å²) in [6.45, 7) is -0.0672. The fourth-order valence-corrected chi connectivity index (χ4v) is 2.62. The monoisotopic (exact) mass is 300 g/mol. The van der Waals surface area contributed by atoms with Gasteiger partial charge < -0.3 is 5.73 Å². The first-order chi connectivity index (χ1) is 8.76. The molecule has 0 amide bonds. The molecule has 0 aliphatic rings. The number of unbranched alkanes of at least 4 members (excludes halogenated alkanes) is 1. The van der Waals surface area contributed by atoms with Gasteiger partial charge in [0, 0.05) is 25.1 Å². The minimum absolute atomic E-state index is 0.000811. The van der Waals surface area contributed by atoms with Crippen LogP contribution in [-0.2, 0) is 16.6 Å². The molecule has 0 aromatic carbocycles. The number of hydrogen-bond acceptors (Lipinski definition) is 4. The van der Waals surface area contributed by atoms with E-state index in [-0.39, 0.29) is 31.0 Å². The van der Waals surface area contributed by atoms with E-state index >= 15 is 0 Å². The highest BCUT2D eigenvalue weighted by molar-refractivity contribution is 7.89. The van der Waals surface area contributed by atoms with Crippen LogP contribution in [0.3, 0.4) is 0 Å². The van der Waals surface area contributed by atoms with E-state index in [9.17, 15) is 21.6 Å². The summed E-state index contributed by atoms with van der Waals surface area (Å²) >= 11 is 0. The van der Waals surface area contributed by atoms with Crippen molar-refractivity contribution in [2.75, 3.05) is 6.54 Å². The second-order valence-corrected chi connectivity index (χ2v) is 5.60. The second-order valence-electron chi connectivity index (χ2n) is 3.90. The highest BCUT2D eigenvalue weighted by atomic mass is 32.2. The number of hydrogen-bond donors (Lipinski definition) is 3. The third kappa shape index (κ3) is 5.17. The van der Waals surface area contributed by atoms with Crippen LogP contribution in [0.1, 0.15) is 24.8 Å². The van der Waals surface area contributed by atoms with E-state index in [1.807, 2.05) is 0 Å². The van der Waals surface area contributed by atoms with Crippen molar-refractivity contribution >= 4 is 10.0 Å². The normalized spacial score (nSPS) is 12.8. The first kappa shape index (κ1) is 15.9. The Labute approximate surface area is 108 Å². The fourth-order valence-electron chi connectivity index (χ4n) is 1.41. The molecule has 0 saturated carbocycles. The molecule has 0 saturated heterocycles. The van der Waals surface area contributed by atoms with Crippen LogP contribution < -0.4 is 10.5 Å². The zero-order valence-electron chi connectivity index (χ0n) is 10.00. The van der Waals surface area contributed by atoms with Gasteiger partial charge in [0.1, 0.15) is 0 Å². The van der Waals surface area contributed by atoms with Crippen LogP contribution in [-0.4, -0.2) is 31.3 Å². The van der Waals surface area contributed by atoms with Crippen LogP contribution in [0.25, 0.3) is 0 Å². The van der Waals surface area contributed by atoms with Crippen molar-refractivity contribution in [3.8, 4) is 0 Å². The molecule has 19 heavy (non-hydrogen) atoms. The fraction of sp³-hybridized carbons (Fsp3) is 0.667. The average Bonchev–Trinajstić information content (AvgIpc) is 2.75. The van der Waals surface area contributed by atoms with Crippen LogP contribution >= 0.6 is 0 Å². The lowest BCUT2D eigenvalue weighted by Crippen LogP contribution is -2.26. The van der Waals surface area contributed by atoms with Gasteiger partial charge in [-0.15, -0.1) is 0 Å². The number of H-pyrrole nitrogens is 1. The number of nitrogens with two attached hydrogens (primary N) is 1. The predicted molar refractivity (Wildman–Crippen MR) is 61.6 cm³/mol. The molecule has 0 aliphatic carbocycles. The number of nitrogens with one attached hydrogen (secondary N) is 2. The average molecular weight is 300 g/mol. The zero-order chi connectivity index (χ0) is 14.5. The minimum atomic E-state index is -4.21. The molecule has 110 valence electrons. The van der Waals surface area contributed by atoms with E-state index in [0.29, 0.717) is 5.56 Å². The molecule has 1 aromatic heterocycles. The van der Waals surface area contributed by atoms with Crippen molar-refractivity contribution in [2.24, 2.45) is 5.73 Å². The van der Waals surface area contributed by atoms with Crippen LogP contribution in [0.15, 0.2) is 11.2 Å². The van der Waals surface area contributed by atoms with Crippen molar-refractivity contribution in [3.05, 3.63) is 11.8 Å². The maximum Gasteiger partial charge on any atom is 0.389 e. The number of aromatic nitrogens is 2. The van der Waals surface area contributed by atoms with Crippen molar-refractivity contribution in [1.82, 2.24) is 14.9 Å². The number of aromatic amines is 1.